The maximum atomic E-state index is 13.2. The van der Waals surface area contributed by atoms with Gasteiger partial charge in [-0.1, -0.05) is 57.7 Å². The van der Waals surface area contributed by atoms with Gasteiger partial charge in [-0.05, 0) is 45.0 Å². The number of amides is 1. The number of hydrogen-bond acceptors (Lipinski definition) is 3. The summed E-state index contributed by atoms with van der Waals surface area (Å²) in [5, 5.41) is 1.15. The average Bonchev–Trinajstić information content (AvgIpc) is 2.89. The fourth-order valence-electron chi connectivity index (χ4n) is 2.98. The Labute approximate surface area is 177 Å². The van der Waals surface area contributed by atoms with Crippen molar-refractivity contribution in [2.45, 2.75) is 26.8 Å². The number of rotatable bonds is 3. The first-order valence-corrected chi connectivity index (χ1v) is 9.61. The second-order valence-electron chi connectivity index (χ2n) is 6.48. The largest absolute Gasteiger partial charge is 0.371 e. The summed E-state index contributed by atoms with van der Waals surface area (Å²) in [6, 6.07) is 10.7. The minimum Gasteiger partial charge on any atom is -0.371 e. The number of hydrogen-bond donors (Lipinski definition) is 0. The molecule has 8 heteroatoms. The molecule has 1 heterocycles. The highest BCUT2D eigenvalue weighted by Crippen LogP contribution is 2.30. The Bertz CT molecular complexity index is 1080. The number of aromatic nitrogens is 1. The second kappa shape index (κ2) is 8.03. The molecule has 3 rings (SSSR count). The first kappa shape index (κ1) is 20.5. The van der Waals surface area contributed by atoms with E-state index in [-0.39, 0.29) is 11.6 Å². The Hall–Kier alpha value is -2.21. The van der Waals surface area contributed by atoms with E-state index in [0.717, 1.165) is 4.74 Å². The molecule has 28 heavy (non-hydrogen) atoms. The van der Waals surface area contributed by atoms with Gasteiger partial charge in [0, 0.05) is 32.4 Å². The quantitative estimate of drug-likeness (QED) is 0.484. The molecule has 1 aromatic heterocycles. The summed E-state index contributed by atoms with van der Waals surface area (Å²) in [6.07, 6.45) is 0. The number of aryl methyl sites for hydroxylation is 1. The van der Waals surface area contributed by atoms with Crippen LogP contribution in [0.2, 0.25) is 15.1 Å². The van der Waals surface area contributed by atoms with E-state index in [0.29, 0.717) is 32.1 Å². The lowest BCUT2D eigenvalue weighted by molar-refractivity contribution is 0.210. The molecule has 0 unspecified atom stereocenters. The van der Waals surface area contributed by atoms with E-state index < -0.39 is 11.6 Å². The molecule has 0 aliphatic heterocycles. The van der Waals surface area contributed by atoms with E-state index in [1.54, 1.807) is 49.4 Å². The highest BCUT2D eigenvalue weighted by atomic mass is 35.5. The maximum Gasteiger partial charge on any atom is 0.365 e. The lowest BCUT2D eigenvalue weighted by Gasteiger charge is -2.26. The van der Waals surface area contributed by atoms with Gasteiger partial charge in [-0.15, -0.1) is 0 Å². The lowest BCUT2D eigenvalue weighted by Crippen LogP contribution is -2.43. The third-order valence-corrected chi connectivity index (χ3v) is 4.91. The third-order valence-electron chi connectivity index (χ3n) is 4.14. The molecule has 3 aromatic rings. The van der Waals surface area contributed by atoms with Crippen LogP contribution < -0.4 is 10.5 Å². The van der Waals surface area contributed by atoms with Gasteiger partial charge in [0.15, 0.2) is 0 Å². The second-order valence-corrected chi connectivity index (χ2v) is 7.76. The Balaban J connectivity index is 2.12. The zero-order valence-corrected chi connectivity index (χ0v) is 17.6. The van der Waals surface area contributed by atoms with Crippen molar-refractivity contribution in [3.63, 3.8) is 0 Å². The minimum atomic E-state index is -0.653. The number of nitrogens with zero attached hydrogens (tertiary/aromatic N) is 2. The summed E-state index contributed by atoms with van der Waals surface area (Å²) in [6.45, 7) is 5.23. The van der Waals surface area contributed by atoms with Crippen molar-refractivity contribution in [1.29, 1.82) is 0 Å². The van der Waals surface area contributed by atoms with Crippen molar-refractivity contribution >= 4 is 46.5 Å². The third kappa shape index (κ3) is 3.83. The molecule has 0 N–H and O–H groups in total. The van der Waals surface area contributed by atoms with Crippen molar-refractivity contribution in [3.05, 3.63) is 73.6 Å². The molecule has 146 valence electrons. The smallest absolute Gasteiger partial charge is 0.365 e. The summed E-state index contributed by atoms with van der Waals surface area (Å²) in [7, 11) is 0. The molecular weight excluding hydrogens is 423 g/mol. The van der Waals surface area contributed by atoms with Gasteiger partial charge < -0.3 is 4.52 Å². The molecule has 0 spiro atoms. The van der Waals surface area contributed by atoms with Crippen molar-refractivity contribution in [1.82, 2.24) is 4.74 Å². The molecule has 2 aromatic carbocycles. The number of anilines is 1. The van der Waals surface area contributed by atoms with Crippen LogP contribution in [0.4, 0.5) is 10.5 Å². The molecule has 0 atom stereocenters. The van der Waals surface area contributed by atoms with Crippen molar-refractivity contribution in [2.75, 3.05) is 4.90 Å². The number of carbonyl (C=O) groups excluding carboxylic acids is 1. The van der Waals surface area contributed by atoms with Gasteiger partial charge in [0.2, 0.25) is 0 Å². The van der Waals surface area contributed by atoms with Crippen molar-refractivity contribution < 1.29 is 9.32 Å². The molecule has 0 radical (unpaired) electrons. The summed E-state index contributed by atoms with van der Waals surface area (Å²) in [5.41, 5.74) is 0.614. The van der Waals surface area contributed by atoms with Gasteiger partial charge in [-0.3, -0.25) is 9.69 Å². The normalized spacial score (nSPS) is 11.1. The van der Waals surface area contributed by atoms with Crippen LogP contribution in [0.1, 0.15) is 19.6 Å². The van der Waals surface area contributed by atoms with Gasteiger partial charge >= 0.3 is 6.03 Å². The molecule has 0 fully saturated rings. The maximum absolute atomic E-state index is 13.2. The van der Waals surface area contributed by atoms with E-state index in [1.807, 2.05) is 13.8 Å². The van der Waals surface area contributed by atoms with Crippen molar-refractivity contribution in [3.8, 4) is 11.1 Å². The Morgan fingerprint density at radius 3 is 2.25 bits per heavy atom. The standard InChI is InChI=1S/C20H17Cl3N2O3/c1-11(2)24(15-9-13(21)8-14(22)10-15)20(27)25-19(26)18(12(3)28-25)16-6-4-5-7-17(16)23/h4-11H,1-3H3. The van der Waals surface area contributed by atoms with Crippen LogP contribution in [-0.4, -0.2) is 16.8 Å². The lowest BCUT2D eigenvalue weighted by atomic mass is 10.1. The average molecular weight is 440 g/mol. The predicted octanol–water partition coefficient (Wildman–Crippen LogP) is 6.26. The van der Waals surface area contributed by atoms with Gasteiger partial charge in [0.25, 0.3) is 5.56 Å². The minimum absolute atomic E-state index is 0.242. The topological polar surface area (TPSA) is 55.5 Å². The molecule has 0 bridgehead atoms. The van der Waals surface area contributed by atoms with Crippen LogP contribution in [0.15, 0.2) is 51.8 Å². The molecule has 0 saturated carbocycles. The molecule has 0 saturated heterocycles. The monoisotopic (exact) mass is 438 g/mol. The summed E-state index contributed by atoms with van der Waals surface area (Å²) >= 11 is 18.4. The van der Waals surface area contributed by atoms with E-state index in [9.17, 15) is 9.59 Å². The summed E-state index contributed by atoms with van der Waals surface area (Å²) in [4.78, 5) is 27.6. The highest BCUT2D eigenvalue weighted by molar-refractivity contribution is 6.35. The molecule has 1 amide bonds. The zero-order valence-electron chi connectivity index (χ0n) is 15.4. The number of benzene rings is 2. The van der Waals surface area contributed by atoms with E-state index in [2.05, 4.69) is 0 Å². The first-order valence-electron chi connectivity index (χ1n) is 8.48. The molecule has 0 aliphatic carbocycles. The number of carbonyl (C=O) groups is 1. The van der Waals surface area contributed by atoms with Crippen LogP contribution in [0, 0.1) is 6.92 Å². The van der Waals surface area contributed by atoms with Gasteiger partial charge in [-0.2, -0.15) is 0 Å². The highest BCUT2D eigenvalue weighted by Gasteiger charge is 2.28. The van der Waals surface area contributed by atoms with E-state index >= 15 is 0 Å². The Morgan fingerprint density at radius 2 is 1.68 bits per heavy atom. The molecule has 0 aliphatic rings. The van der Waals surface area contributed by atoms with E-state index in [4.69, 9.17) is 39.3 Å². The Kier molecular flexibility index (Phi) is 5.89. The fourth-order valence-corrected chi connectivity index (χ4v) is 3.72. The van der Waals surface area contributed by atoms with Crippen LogP contribution in [0.25, 0.3) is 11.1 Å². The molecule has 5 nitrogen and oxygen atoms in total. The summed E-state index contributed by atoms with van der Waals surface area (Å²) < 4.78 is 6.24. The van der Waals surface area contributed by atoms with Gasteiger partial charge in [0.05, 0.1) is 5.56 Å². The Morgan fingerprint density at radius 1 is 1.07 bits per heavy atom. The predicted molar refractivity (Wildman–Crippen MR) is 113 cm³/mol. The van der Waals surface area contributed by atoms with Crippen LogP contribution in [0.3, 0.4) is 0 Å². The fraction of sp³-hybridized carbons (Fsp3) is 0.200. The van der Waals surface area contributed by atoms with E-state index in [1.165, 1.54) is 4.90 Å². The van der Waals surface area contributed by atoms with Crippen LogP contribution in [-0.2, 0) is 0 Å². The SMILES string of the molecule is Cc1on(C(=O)N(c2cc(Cl)cc(Cl)c2)C(C)C)c(=O)c1-c1ccccc1Cl. The van der Waals surface area contributed by atoms with Crippen molar-refractivity contribution in [2.24, 2.45) is 0 Å². The first-order chi connectivity index (χ1) is 13.2. The number of halogens is 3. The van der Waals surface area contributed by atoms with Crippen LogP contribution >= 0.6 is 34.8 Å². The zero-order chi connectivity index (χ0) is 20.6. The molecular formula is C20H17Cl3N2O3. The van der Waals surface area contributed by atoms with Gasteiger partial charge in [-0.25, -0.2) is 4.79 Å². The van der Waals surface area contributed by atoms with Gasteiger partial charge in [0.1, 0.15) is 5.76 Å². The van der Waals surface area contributed by atoms with Crippen LogP contribution in [0.5, 0.6) is 0 Å². The summed E-state index contributed by atoms with van der Waals surface area (Å²) in [5.74, 6) is 0.291.